The van der Waals surface area contributed by atoms with Crippen LogP contribution in [0.5, 0.6) is 6.01 Å². The molecule has 7 nitrogen and oxygen atoms in total. The molecule has 7 heteroatoms. The highest BCUT2D eigenvalue weighted by Gasteiger charge is 2.25. The smallest absolute Gasteiger partial charge is 0.316 e. The van der Waals surface area contributed by atoms with Crippen molar-refractivity contribution < 1.29 is 9.53 Å². The van der Waals surface area contributed by atoms with E-state index in [2.05, 4.69) is 19.9 Å². The Morgan fingerprint density at radius 1 is 1.17 bits per heavy atom. The highest BCUT2D eigenvalue weighted by Crippen LogP contribution is 2.19. The highest BCUT2D eigenvalue weighted by molar-refractivity contribution is 5.97. The summed E-state index contributed by atoms with van der Waals surface area (Å²) in [5, 5.41) is 0. The van der Waals surface area contributed by atoms with Gasteiger partial charge in [0.2, 0.25) is 0 Å². The van der Waals surface area contributed by atoms with Gasteiger partial charge in [0.25, 0.3) is 5.91 Å². The normalized spacial score (nSPS) is 15.6. The number of nitrogens with one attached hydrogen (secondary N) is 1. The monoisotopic (exact) mass is 323 g/mol. The molecule has 1 fully saturated rings. The lowest BCUT2D eigenvalue weighted by Crippen LogP contribution is -2.41. The summed E-state index contributed by atoms with van der Waals surface area (Å²) in [5.41, 5.74) is 2.42. The first-order valence-corrected chi connectivity index (χ1v) is 7.96. The van der Waals surface area contributed by atoms with Crippen molar-refractivity contribution in [3.05, 3.63) is 48.5 Å². The number of imidazole rings is 1. The van der Waals surface area contributed by atoms with Gasteiger partial charge in [0, 0.05) is 43.9 Å². The summed E-state index contributed by atoms with van der Waals surface area (Å²) in [6, 6.07) is 7.69. The second kappa shape index (κ2) is 6.27. The zero-order valence-electron chi connectivity index (χ0n) is 13.1. The molecule has 1 N–H and O–H groups in total. The van der Waals surface area contributed by atoms with Crippen LogP contribution in [0.3, 0.4) is 0 Å². The van der Waals surface area contributed by atoms with Crippen molar-refractivity contribution in [1.82, 2.24) is 24.8 Å². The molecule has 4 rings (SSSR count). The van der Waals surface area contributed by atoms with Gasteiger partial charge in [-0.3, -0.25) is 4.79 Å². The van der Waals surface area contributed by atoms with Crippen LogP contribution in [0.15, 0.2) is 43.0 Å². The molecular weight excluding hydrogens is 306 g/mol. The number of carbonyl (C=O) groups is 1. The third-order valence-electron chi connectivity index (χ3n) is 4.21. The van der Waals surface area contributed by atoms with E-state index in [9.17, 15) is 4.79 Å². The molecule has 0 aliphatic carbocycles. The average Bonchev–Trinajstić information content (AvgIpc) is 3.10. The second-order valence-corrected chi connectivity index (χ2v) is 5.78. The Labute approximate surface area is 138 Å². The molecule has 0 spiro atoms. The summed E-state index contributed by atoms with van der Waals surface area (Å²) >= 11 is 0. The Bertz CT molecular complexity index is 840. The number of benzene rings is 1. The molecule has 0 saturated carbocycles. The molecule has 3 heterocycles. The van der Waals surface area contributed by atoms with Crippen molar-refractivity contribution >= 4 is 16.9 Å². The van der Waals surface area contributed by atoms with Crippen molar-refractivity contribution in [1.29, 1.82) is 0 Å². The van der Waals surface area contributed by atoms with Crippen molar-refractivity contribution in [2.75, 3.05) is 13.1 Å². The Hall–Kier alpha value is -2.96. The molecule has 0 unspecified atom stereocenters. The number of rotatable bonds is 3. The largest absolute Gasteiger partial charge is 0.460 e. The van der Waals surface area contributed by atoms with E-state index in [1.165, 1.54) is 0 Å². The molecule has 1 amide bonds. The number of aromatic nitrogens is 4. The van der Waals surface area contributed by atoms with Crippen LogP contribution in [0.2, 0.25) is 0 Å². The minimum atomic E-state index is 0.0425. The third-order valence-corrected chi connectivity index (χ3v) is 4.21. The van der Waals surface area contributed by atoms with Crippen LogP contribution >= 0.6 is 0 Å². The number of amides is 1. The van der Waals surface area contributed by atoms with Gasteiger partial charge in [0.15, 0.2) is 0 Å². The van der Waals surface area contributed by atoms with Gasteiger partial charge in [-0.1, -0.05) is 0 Å². The fourth-order valence-electron chi connectivity index (χ4n) is 2.92. The number of hydrogen-bond acceptors (Lipinski definition) is 5. The molecule has 3 aromatic rings. The molecule has 0 radical (unpaired) electrons. The fraction of sp³-hybridized carbons (Fsp3) is 0.294. The quantitative estimate of drug-likeness (QED) is 0.797. The van der Waals surface area contributed by atoms with Gasteiger partial charge in [-0.25, -0.2) is 15.0 Å². The number of fused-ring (bicyclic) bond motifs is 1. The Balaban J connectivity index is 1.39. The summed E-state index contributed by atoms with van der Waals surface area (Å²) in [6.07, 6.45) is 6.55. The molecule has 1 aromatic carbocycles. The maximum atomic E-state index is 12.7. The number of nitrogens with zero attached hydrogens (tertiary/aromatic N) is 4. The van der Waals surface area contributed by atoms with Crippen LogP contribution in [0.4, 0.5) is 0 Å². The summed E-state index contributed by atoms with van der Waals surface area (Å²) in [7, 11) is 0. The predicted molar refractivity (Wildman–Crippen MR) is 87.7 cm³/mol. The summed E-state index contributed by atoms with van der Waals surface area (Å²) in [5.74, 6) is 0.0425. The summed E-state index contributed by atoms with van der Waals surface area (Å²) in [6.45, 7) is 1.33. The second-order valence-electron chi connectivity index (χ2n) is 5.78. The van der Waals surface area contributed by atoms with Crippen LogP contribution in [-0.4, -0.2) is 49.9 Å². The van der Waals surface area contributed by atoms with E-state index in [0.717, 1.165) is 23.9 Å². The molecule has 24 heavy (non-hydrogen) atoms. The van der Waals surface area contributed by atoms with Gasteiger partial charge in [-0.2, -0.15) is 0 Å². The van der Waals surface area contributed by atoms with Crippen LogP contribution in [0.1, 0.15) is 23.2 Å². The lowest BCUT2D eigenvalue weighted by Gasteiger charge is -2.31. The van der Waals surface area contributed by atoms with Gasteiger partial charge in [-0.15, -0.1) is 0 Å². The van der Waals surface area contributed by atoms with Crippen LogP contribution in [0, 0.1) is 0 Å². The van der Waals surface area contributed by atoms with E-state index < -0.39 is 0 Å². The topological polar surface area (TPSA) is 84.0 Å². The Morgan fingerprint density at radius 2 is 1.96 bits per heavy atom. The molecule has 0 bridgehead atoms. The van der Waals surface area contributed by atoms with Crippen LogP contribution in [0.25, 0.3) is 11.0 Å². The first-order valence-electron chi connectivity index (χ1n) is 7.96. The Kier molecular flexibility index (Phi) is 3.82. The van der Waals surface area contributed by atoms with Gasteiger partial charge in [0.1, 0.15) is 6.10 Å². The van der Waals surface area contributed by atoms with Gasteiger partial charge in [-0.05, 0) is 24.3 Å². The summed E-state index contributed by atoms with van der Waals surface area (Å²) in [4.78, 5) is 29.9. The van der Waals surface area contributed by atoms with E-state index in [1.54, 1.807) is 24.8 Å². The van der Waals surface area contributed by atoms with Crippen molar-refractivity contribution in [2.45, 2.75) is 18.9 Å². The molecule has 2 aromatic heterocycles. The maximum absolute atomic E-state index is 12.7. The van der Waals surface area contributed by atoms with E-state index in [-0.39, 0.29) is 12.0 Å². The lowest BCUT2D eigenvalue weighted by molar-refractivity contribution is 0.0579. The number of H-pyrrole nitrogens is 1. The minimum absolute atomic E-state index is 0.0425. The zero-order chi connectivity index (χ0) is 16.4. The minimum Gasteiger partial charge on any atom is -0.460 e. The first-order chi connectivity index (χ1) is 11.8. The highest BCUT2D eigenvalue weighted by atomic mass is 16.5. The molecule has 1 aliphatic rings. The number of hydrogen-bond donors (Lipinski definition) is 1. The van der Waals surface area contributed by atoms with Gasteiger partial charge >= 0.3 is 6.01 Å². The number of ether oxygens (including phenoxy) is 1. The van der Waals surface area contributed by atoms with E-state index in [4.69, 9.17) is 4.74 Å². The van der Waals surface area contributed by atoms with E-state index >= 15 is 0 Å². The number of carbonyl (C=O) groups excluding carboxylic acids is 1. The molecular formula is C17H17N5O2. The molecule has 122 valence electrons. The van der Waals surface area contributed by atoms with Crippen molar-refractivity contribution in [3.63, 3.8) is 0 Å². The molecule has 1 aliphatic heterocycles. The predicted octanol–water partition coefficient (Wildman–Crippen LogP) is 2.04. The summed E-state index contributed by atoms with van der Waals surface area (Å²) < 4.78 is 5.76. The number of aromatic amines is 1. The van der Waals surface area contributed by atoms with Crippen molar-refractivity contribution in [3.8, 4) is 6.01 Å². The maximum Gasteiger partial charge on any atom is 0.316 e. The Morgan fingerprint density at radius 3 is 2.75 bits per heavy atom. The standard InChI is InChI=1S/C17H17N5O2/c23-16(12-2-3-14-15(10-12)21-11-20-14)22-8-4-13(5-9-22)24-17-18-6-1-7-19-17/h1-3,6-7,10-11,13H,4-5,8-9H2,(H,20,21). The fourth-order valence-corrected chi connectivity index (χ4v) is 2.92. The lowest BCUT2D eigenvalue weighted by atomic mass is 10.1. The number of likely N-dealkylation sites (tertiary alicyclic amines) is 1. The van der Waals surface area contributed by atoms with E-state index in [1.807, 2.05) is 23.1 Å². The zero-order valence-corrected chi connectivity index (χ0v) is 13.1. The van der Waals surface area contributed by atoms with E-state index in [0.29, 0.717) is 24.7 Å². The van der Waals surface area contributed by atoms with Crippen LogP contribution in [-0.2, 0) is 0 Å². The van der Waals surface area contributed by atoms with Crippen LogP contribution < -0.4 is 4.74 Å². The van der Waals surface area contributed by atoms with Gasteiger partial charge < -0.3 is 14.6 Å². The molecule has 1 saturated heterocycles. The third kappa shape index (κ3) is 2.92. The number of piperidine rings is 1. The first kappa shape index (κ1) is 14.6. The van der Waals surface area contributed by atoms with Crippen molar-refractivity contribution in [2.24, 2.45) is 0 Å². The van der Waals surface area contributed by atoms with Gasteiger partial charge in [0.05, 0.1) is 17.4 Å². The average molecular weight is 323 g/mol. The SMILES string of the molecule is O=C(c1ccc2nc[nH]c2c1)N1CCC(Oc2ncccn2)CC1. The molecule has 0 atom stereocenters.